The zero-order valence-corrected chi connectivity index (χ0v) is 15.1. The number of pyridine rings is 3. The molecule has 0 unspecified atom stereocenters. The topological polar surface area (TPSA) is 76.0 Å². The summed E-state index contributed by atoms with van der Waals surface area (Å²) in [5, 5.41) is 11.0. The van der Waals surface area contributed by atoms with Crippen LogP contribution >= 0.6 is 48.0 Å². The van der Waals surface area contributed by atoms with Gasteiger partial charge < -0.3 is 5.11 Å². The molecule has 0 fully saturated rings. The molecule has 0 radical (unpaired) electrons. The van der Waals surface area contributed by atoms with Crippen LogP contribution in [-0.2, 0) is 0 Å². The third-order valence-corrected chi connectivity index (χ3v) is 3.27. The molecule has 0 spiro atoms. The zero-order chi connectivity index (χ0) is 13.0. The molecular weight excluding hydrogens is 496 g/mol. The van der Waals surface area contributed by atoms with Crippen molar-refractivity contribution in [3.05, 3.63) is 48.2 Å². The van der Waals surface area contributed by atoms with Gasteiger partial charge in [0.1, 0.15) is 17.1 Å². The minimum Gasteiger partial charge on any atom is -0.506 e. The number of hydrogen-bond donors (Lipinski definition) is 1. The summed E-state index contributed by atoms with van der Waals surface area (Å²) >= 11 is 0. The van der Waals surface area contributed by atoms with Gasteiger partial charge in [-0.3, -0.25) is 14.8 Å². The van der Waals surface area contributed by atoms with Crippen molar-refractivity contribution in [2.24, 2.45) is 0 Å². The van der Waals surface area contributed by atoms with E-state index in [-0.39, 0.29) is 59.5 Å². The molecule has 0 amide bonds. The van der Waals surface area contributed by atoms with Gasteiger partial charge in [-0.05, 0) is 18.2 Å². The molecule has 1 aliphatic rings. The second-order valence-electron chi connectivity index (χ2n) is 4.30. The summed E-state index contributed by atoms with van der Waals surface area (Å²) in [6.07, 6.45) is 4.46. The van der Waals surface area contributed by atoms with Crippen LogP contribution in [0.3, 0.4) is 0 Å². The van der Waals surface area contributed by atoms with Gasteiger partial charge in [-0.25, -0.2) is 4.98 Å². The number of aromatic nitrogens is 3. The molecule has 3 heterocycles. The molecule has 1 N–H and O–H groups in total. The summed E-state index contributed by atoms with van der Waals surface area (Å²) in [4.78, 5) is 24.8. The van der Waals surface area contributed by atoms with Gasteiger partial charge in [0.25, 0.3) is 0 Å². The fraction of sp³-hybridized carbons (Fsp3) is 0. The van der Waals surface area contributed by atoms with Crippen molar-refractivity contribution in [1.29, 1.82) is 0 Å². The molecule has 4 rings (SSSR count). The van der Waals surface area contributed by atoms with E-state index in [2.05, 4.69) is 15.0 Å². The van der Waals surface area contributed by atoms with Crippen molar-refractivity contribution in [2.75, 3.05) is 0 Å². The molecule has 21 heavy (non-hydrogen) atoms. The lowest BCUT2D eigenvalue weighted by Gasteiger charge is -2.17. The lowest BCUT2D eigenvalue weighted by Crippen LogP contribution is -2.14. The van der Waals surface area contributed by atoms with E-state index < -0.39 is 0 Å². The van der Waals surface area contributed by atoms with Crippen LogP contribution in [0.15, 0.2) is 36.8 Å². The summed E-state index contributed by atoms with van der Waals surface area (Å²) in [5.74, 6) is -0.191. The minimum atomic E-state index is -0.235. The molecule has 106 valence electrons. The highest BCUT2D eigenvalue weighted by molar-refractivity contribution is 14.0. The molecule has 0 aliphatic heterocycles. The molecule has 3 aromatic rings. The monoisotopic (exact) mass is 505 g/mol. The predicted molar refractivity (Wildman–Crippen MR) is 98.7 cm³/mol. The standard InChI is InChI=1S/C14H7N3O2.2HI/c18-9-6-17-13-10-7(9)3-5-16-11(10)8-2-1-4-15-12(8)14(13)19;;/h1-6,18H;2*1H. The molecule has 0 aromatic carbocycles. The minimum absolute atomic E-state index is 0. The van der Waals surface area contributed by atoms with Gasteiger partial charge in [0, 0.05) is 28.7 Å². The van der Waals surface area contributed by atoms with E-state index in [4.69, 9.17) is 0 Å². The Morgan fingerprint density at radius 2 is 1.67 bits per heavy atom. The van der Waals surface area contributed by atoms with Gasteiger partial charge in [0.15, 0.2) is 0 Å². The highest BCUT2D eigenvalue weighted by Gasteiger charge is 2.28. The summed E-state index contributed by atoms with van der Waals surface area (Å²) in [5.41, 5.74) is 1.96. The maximum Gasteiger partial charge on any atom is 0.231 e. The third kappa shape index (κ3) is 2.18. The molecule has 7 heteroatoms. The first kappa shape index (κ1) is 16.0. The summed E-state index contributed by atoms with van der Waals surface area (Å²) in [7, 11) is 0. The van der Waals surface area contributed by atoms with Gasteiger partial charge in [-0.1, -0.05) is 0 Å². The highest BCUT2D eigenvalue weighted by Crippen LogP contribution is 2.38. The molecule has 0 bridgehead atoms. The zero-order valence-electron chi connectivity index (χ0n) is 10.5. The number of carbonyl (C=O) groups is 1. The Balaban J connectivity index is 0.000000807. The van der Waals surface area contributed by atoms with Crippen LogP contribution in [0.2, 0.25) is 0 Å². The van der Waals surface area contributed by atoms with E-state index in [0.29, 0.717) is 33.4 Å². The van der Waals surface area contributed by atoms with Crippen molar-refractivity contribution < 1.29 is 9.90 Å². The highest BCUT2D eigenvalue weighted by atomic mass is 127. The maximum atomic E-state index is 12.4. The van der Waals surface area contributed by atoms with Gasteiger partial charge in [-0.15, -0.1) is 48.0 Å². The van der Waals surface area contributed by atoms with Crippen molar-refractivity contribution >= 4 is 64.5 Å². The van der Waals surface area contributed by atoms with E-state index in [0.717, 1.165) is 0 Å². The SMILES string of the molecule is I.I.O=C1c2ncccc2-c2nccc3c(O)cnc1c23. The van der Waals surface area contributed by atoms with Crippen molar-refractivity contribution in [3.8, 4) is 17.0 Å². The summed E-state index contributed by atoms with van der Waals surface area (Å²) in [6.45, 7) is 0. The summed E-state index contributed by atoms with van der Waals surface area (Å²) < 4.78 is 0. The fourth-order valence-corrected chi connectivity index (χ4v) is 2.44. The van der Waals surface area contributed by atoms with Crippen LogP contribution in [-0.4, -0.2) is 25.8 Å². The van der Waals surface area contributed by atoms with Gasteiger partial charge in [-0.2, -0.15) is 0 Å². The number of fused-ring (bicyclic) bond motifs is 2. The Hall–Kier alpha value is -1.36. The number of carbonyl (C=O) groups excluding carboxylic acids is 1. The smallest absolute Gasteiger partial charge is 0.231 e. The molecular formula is C14H9I2N3O2. The van der Waals surface area contributed by atoms with Crippen molar-refractivity contribution in [1.82, 2.24) is 15.0 Å². The molecule has 0 saturated carbocycles. The third-order valence-electron chi connectivity index (χ3n) is 3.27. The van der Waals surface area contributed by atoms with Gasteiger partial charge in [0.05, 0.1) is 11.9 Å². The van der Waals surface area contributed by atoms with E-state index in [1.54, 1.807) is 30.6 Å². The molecule has 1 aliphatic carbocycles. The number of aromatic hydroxyl groups is 1. The average Bonchev–Trinajstić information content (AvgIpc) is 2.46. The van der Waals surface area contributed by atoms with E-state index in [1.807, 2.05) is 0 Å². The quantitative estimate of drug-likeness (QED) is 0.372. The van der Waals surface area contributed by atoms with Gasteiger partial charge in [0.2, 0.25) is 5.78 Å². The predicted octanol–water partition coefficient (Wildman–Crippen LogP) is 3.18. The Kier molecular flexibility index (Phi) is 4.42. The largest absolute Gasteiger partial charge is 0.506 e. The van der Waals surface area contributed by atoms with Crippen molar-refractivity contribution in [3.63, 3.8) is 0 Å². The van der Waals surface area contributed by atoms with Crippen LogP contribution in [0.5, 0.6) is 5.75 Å². The normalized spacial score (nSPS) is 11.3. The summed E-state index contributed by atoms with van der Waals surface area (Å²) in [6, 6.07) is 5.23. The van der Waals surface area contributed by atoms with E-state index in [1.165, 1.54) is 6.20 Å². The van der Waals surface area contributed by atoms with Crippen molar-refractivity contribution in [2.45, 2.75) is 0 Å². The van der Waals surface area contributed by atoms with Crippen LogP contribution in [0.25, 0.3) is 22.0 Å². The van der Waals surface area contributed by atoms with E-state index >= 15 is 0 Å². The second-order valence-corrected chi connectivity index (χ2v) is 4.30. The first-order chi connectivity index (χ1) is 9.27. The number of halogens is 2. The molecule has 0 saturated heterocycles. The first-order valence-electron chi connectivity index (χ1n) is 5.74. The molecule has 0 atom stereocenters. The first-order valence-corrected chi connectivity index (χ1v) is 5.74. The molecule has 5 nitrogen and oxygen atoms in total. The number of hydrogen-bond acceptors (Lipinski definition) is 5. The van der Waals surface area contributed by atoms with Crippen LogP contribution in [0.4, 0.5) is 0 Å². The second kappa shape index (κ2) is 5.79. The Morgan fingerprint density at radius 1 is 0.905 bits per heavy atom. The number of nitrogens with zero attached hydrogens (tertiary/aromatic N) is 3. The van der Waals surface area contributed by atoms with E-state index in [9.17, 15) is 9.90 Å². The lowest BCUT2D eigenvalue weighted by atomic mass is 9.92. The Morgan fingerprint density at radius 3 is 2.48 bits per heavy atom. The Bertz CT molecular complexity index is 868. The fourth-order valence-electron chi connectivity index (χ4n) is 2.44. The van der Waals surface area contributed by atoms with Crippen LogP contribution in [0.1, 0.15) is 16.2 Å². The Labute approximate surface area is 153 Å². The van der Waals surface area contributed by atoms with Crippen LogP contribution in [0, 0.1) is 0 Å². The van der Waals surface area contributed by atoms with Gasteiger partial charge >= 0.3 is 0 Å². The average molecular weight is 505 g/mol. The number of rotatable bonds is 0. The van der Waals surface area contributed by atoms with Crippen LogP contribution < -0.4 is 0 Å². The lowest BCUT2D eigenvalue weighted by molar-refractivity contribution is 0.103. The molecule has 3 aromatic heterocycles. The maximum absolute atomic E-state index is 12.4. The number of ketones is 1.